The standard InChI is InChI=1S/C22H20N4O2S/c1-14-12-18(9-6-16(14)13-23)25-20(28)22(10-3-11-22)26(21(25)29)17-7-4-15(5-8-17)19(27)24-2/h4-9,12H,3,10-11H2,1-2H3,(H,24,27)/i1D3,2D3,4D. The van der Waals surface area contributed by atoms with Gasteiger partial charge in [0.15, 0.2) is 5.11 Å². The minimum Gasteiger partial charge on any atom is -0.355 e. The van der Waals surface area contributed by atoms with E-state index in [4.69, 9.17) is 21.8 Å². The summed E-state index contributed by atoms with van der Waals surface area (Å²) in [5.41, 5.74) is -0.826. The highest BCUT2D eigenvalue weighted by atomic mass is 32.1. The fourth-order valence-corrected chi connectivity index (χ4v) is 4.21. The highest BCUT2D eigenvalue weighted by Gasteiger charge is 2.59. The van der Waals surface area contributed by atoms with Crippen molar-refractivity contribution in [2.24, 2.45) is 0 Å². The third-order valence-electron chi connectivity index (χ3n) is 5.39. The van der Waals surface area contributed by atoms with Gasteiger partial charge in [0.05, 0.1) is 18.7 Å². The summed E-state index contributed by atoms with van der Waals surface area (Å²) in [6.07, 6.45) is 1.69. The van der Waals surface area contributed by atoms with Gasteiger partial charge in [0.2, 0.25) is 0 Å². The number of hydrogen-bond donors (Lipinski definition) is 1. The van der Waals surface area contributed by atoms with Gasteiger partial charge in [0.1, 0.15) is 5.54 Å². The quantitative estimate of drug-likeness (QED) is 0.785. The van der Waals surface area contributed by atoms with Crippen LogP contribution in [0.2, 0.25) is 0 Å². The van der Waals surface area contributed by atoms with Crippen molar-refractivity contribution in [3.63, 3.8) is 0 Å². The molecule has 1 saturated heterocycles. The smallest absolute Gasteiger partial charge is 0.259 e. The van der Waals surface area contributed by atoms with E-state index in [1.54, 1.807) is 4.90 Å². The predicted molar refractivity (Wildman–Crippen MR) is 115 cm³/mol. The average molecular weight is 412 g/mol. The van der Waals surface area contributed by atoms with Gasteiger partial charge < -0.3 is 10.2 Å². The number of amides is 2. The summed E-state index contributed by atoms with van der Waals surface area (Å²) in [7, 11) is 0. The third-order valence-corrected chi connectivity index (χ3v) is 5.75. The second-order valence-corrected chi connectivity index (χ2v) is 7.27. The van der Waals surface area contributed by atoms with Gasteiger partial charge in [-0.25, -0.2) is 0 Å². The van der Waals surface area contributed by atoms with Crippen molar-refractivity contribution in [3.8, 4) is 6.07 Å². The molecule has 0 unspecified atom stereocenters. The molecule has 1 heterocycles. The first-order chi connectivity index (χ1) is 16.7. The first-order valence-electron chi connectivity index (χ1n) is 12.4. The summed E-state index contributed by atoms with van der Waals surface area (Å²) in [5, 5.41) is 11.2. The van der Waals surface area contributed by atoms with Crippen molar-refractivity contribution in [2.45, 2.75) is 31.7 Å². The highest BCUT2D eigenvalue weighted by Crippen LogP contribution is 2.47. The van der Waals surface area contributed by atoms with Crippen LogP contribution in [0.25, 0.3) is 0 Å². The predicted octanol–water partition coefficient (Wildman–Crippen LogP) is 3.29. The summed E-state index contributed by atoms with van der Waals surface area (Å²) in [5.74, 6) is -1.28. The molecule has 2 fully saturated rings. The number of rotatable bonds is 3. The highest BCUT2D eigenvalue weighted by molar-refractivity contribution is 7.81. The first kappa shape index (κ1) is 12.3. The molecule has 1 N–H and O–H groups in total. The number of hydrogen-bond acceptors (Lipinski definition) is 4. The van der Waals surface area contributed by atoms with E-state index >= 15 is 0 Å². The Morgan fingerprint density at radius 2 is 2.10 bits per heavy atom. The summed E-state index contributed by atoms with van der Waals surface area (Å²) in [6.45, 7) is -5.29. The second kappa shape index (κ2) is 6.98. The molecule has 4 rings (SSSR count). The van der Waals surface area contributed by atoms with Crippen LogP contribution in [0.3, 0.4) is 0 Å². The zero-order valence-corrected chi connectivity index (χ0v) is 16.0. The van der Waals surface area contributed by atoms with Crippen molar-refractivity contribution in [1.82, 2.24) is 5.32 Å². The van der Waals surface area contributed by atoms with Gasteiger partial charge in [-0.3, -0.25) is 14.5 Å². The van der Waals surface area contributed by atoms with Crippen LogP contribution in [0.4, 0.5) is 11.4 Å². The van der Waals surface area contributed by atoms with Gasteiger partial charge in [-0.05, 0) is 86.3 Å². The molecule has 146 valence electrons. The van der Waals surface area contributed by atoms with Gasteiger partial charge >= 0.3 is 0 Å². The zero-order valence-electron chi connectivity index (χ0n) is 22.2. The number of aryl methyl sites for hydroxylation is 1. The van der Waals surface area contributed by atoms with Crippen molar-refractivity contribution < 1.29 is 19.2 Å². The van der Waals surface area contributed by atoms with E-state index in [0.29, 0.717) is 18.5 Å². The molecule has 0 radical (unpaired) electrons. The van der Waals surface area contributed by atoms with E-state index in [1.807, 2.05) is 11.4 Å². The van der Waals surface area contributed by atoms with E-state index < -0.39 is 25.3 Å². The number of benzene rings is 2. The lowest BCUT2D eigenvalue weighted by Gasteiger charge is -2.43. The maximum absolute atomic E-state index is 13.7. The van der Waals surface area contributed by atoms with Crippen LogP contribution in [0.5, 0.6) is 0 Å². The number of nitrogens with one attached hydrogen (secondary N) is 1. The Balaban J connectivity index is 1.75. The van der Waals surface area contributed by atoms with Crippen molar-refractivity contribution >= 4 is 40.5 Å². The second-order valence-electron chi connectivity index (χ2n) is 6.90. The zero-order chi connectivity index (χ0) is 26.6. The maximum atomic E-state index is 13.7. The molecule has 6 nitrogen and oxygen atoms in total. The molecule has 2 aliphatic rings. The fourth-order valence-electron chi connectivity index (χ4n) is 3.74. The number of carbonyl (C=O) groups excluding carboxylic acids is 2. The molecule has 0 bridgehead atoms. The van der Waals surface area contributed by atoms with Crippen LogP contribution in [0, 0.1) is 18.2 Å². The molecular formula is C22H20N4O2S. The Labute approximate surface area is 184 Å². The monoisotopic (exact) mass is 411 g/mol. The van der Waals surface area contributed by atoms with Gasteiger partial charge in [-0.1, -0.05) is 0 Å². The maximum Gasteiger partial charge on any atom is 0.259 e. The first-order valence-corrected chi connectivity index (χ1v) is 9.27. The van der Waals surface area contributed by atoms with E-state index in [2.05, 4.69) is 0 Å². The molecule has 2 aromatic rings. The minimum atomic E-state index is -2.71. The largest absolute Gasteiger partial charge is 0.355 e. The van der Waals surface area contributed by atoms with Gasteiger partial charge in [-0.2, -0.15) is 5.26 Å². The van der Waals surface area contributed by atoms with E-state index in [9.17, 15) is 14.9 Å². The minimum absolute atomic E-state index is 0.0312. The van der Waals surface area contributed by atoms with Crippen LogP contribution in [0.1, 0.15) is 50.3 Å². The number of thiocarbonyl (C=S) groups is 1. The SMILES string of the molecule is [2H]c1cc(N2C(=S)N(c3ccc(C#N)c(C([2H])([2H])[2H])c3)C(=O)C23CCC3)ccc1C(=O)NC([2H])([2H])[2H]. The summed E-state index contributed by atoms with van der Waals surface area (Å²) >= 11 is 5.66. The van der Waals surface area contributed by atoms with Crippen molar-refractivity contribution in [1.29, 1.82) is 5.26 Å². The molecule has 1 aliphatic carbocycles. The molecular weight excluding hydrogens is 384 g/mol. The number of anilines is 2. The molecule has 1 saturated carbocycles. The van der Waals surface area contributed by atoms with Crippen molar-refractivity contribution in [2.75, 3.05) is 16.8 Å². The molecule has 29 heavy (non-hydrogen) atoms. The topological polar surface area (TPSA) is 76.4 Å². The molecule has 0 aromatic heterocycles. The van der Waals surface area contributed by atoms with E-state index in [1.165, 1.54) is 41.3 Å². The Morgan fingerprint density at radius 1 is 1.31 bits per heavy atom. The van der Waals surface area contributed by atoms with Gasteiger partial charge in [0, 0.05) is 26.5 Å². The van der Waals surface area contributed by atoms with Crippen LogP contribution < -0.4 is 15.1 Å². The van der Waals surface area contributed by atoms with Crippen LogP contribution in [-0.2, 0) is 4.79 Å². The van der Waals surface area contributed by atoms with Crippen molar-refractivity contribution in [3.05, 3.63) is 59.1 Å². The summed E-state index contributed by atoms with van der Waals surface area (Å²) in [6, 6.07) is 9.80. The Kier molecular flexibility index (Phi) is 2.97. The molecule has 1 aliphatic heterocycles. The summed E-state index contributed by atoms with van der Waals surface area (Å²) in [4.78, 5) is 28.8. The molecule has 1 spiro atoms. The fraction of sp³-hybridized carbons (Fsp3) is 0.273. The van der Waals surface area contributed by atoms with Gasteiger partial charge in [0.25, 0.3) is 11.8 Å². The number of nitriles is 1. The normalized spacial score (nSPS) is 21.7. The van der Waals surface area contributed by atoms with E-state index in [-0.39, 0.29) is 39.4 Å². The van der Waals surface area contributed by atoms with Crippen LogP contribution >= 0.6 is 12.2 Å². The molecule has 2 amide bonds. The lowest BCUT2D eigenvalue weighted by atomic mass is 9.75. The number of nitrogens with zero attached hydrogens (tertiary/aromatic N) is 3. The lowest BCUT2D eigenvalue weighted by molar-refractivity contribution is -0.123. The number of carbonyl (C=O) groups is 2. The molecule has 2 aromatic carbocycles. The molecule has 7 heteroatoms. The molecule has 0 atom stereocenters. The summed E-state index contributed by atoms with van der Waals surface area (Å²) < 4.78 is 53.2. The average Bonchev–Trinajstić information content (AvgIpc) is 2.98. The lowest BCUT2D eigenvalue weighted by Crippen LogP contribution is -2.55. The Bertz CT molecular complexity index is 1330. The van der Waals surface area contributed by atoms with Crippen LogP contribution in [-0.4, -0.2) is 29.4 Å². The Morgan fingerprint density at radius 3 is 2.72 bits per heavy atom. The van der Waals surface area contributed by atoms with Crippen LogP contribution in [0.15, 0.2) is 42.4 Å². The van der Waals surface area contributed by atoms with E-state index in [0.717, 1.165) is 6.42 Å². The third kappa shape index (κ3) is 2.79. The Hall–Kier alpha value is -3.24. The van der Waals surface area contributed by atoms with Gasteiger partial charge in [-0.15, -0.1) is 0 Å².